The van der Waals surface area contributed by atoms with Gasteiger partial charge in [-0.2, -0.15) is 0 Å². The molecule has 3 unspecified atom stereocenters. The Morgan fingerprint density at radius 1 is 0.735 bits per heavy atom. The molecule has 8 nitrogen and oxygen atoms in total. The summed E-state index contributed by atoms with van der Waals surface area (Å²) >= 11 is 0. The predicted molar refractivity (Wildman–Crippen MR) is 136 cm³/mol. The Labute approximate surface area is 207 Å². The molecule has 3 atom stereocenters. The fraction of sp³-hybridized carbons (Fsp3) is 0.923. The van der Waals surface area contributed by atoms with Crippen molar-refractivity contribution in [3.63, 3.8) is 0 Å². The van der Waals surface area contributed by atoms with E-state index in [-0.39, 0.29) is 19.7 Å². The number of ether oxygens (including phenoxy) is 1. The van der Waals surface area contributed by atoms with E-state index in [0.29, 0.717) is 6.61 Å². The smallest absolute Gasteiger partial charge is 0.163 e. The Morgan fingerprint density at radius 3 is 1.68 bits per heavy atom. The van der Waals surface area contributed by atoms with Gasteiger partial charge in [-0.05, 0) is 13.5 Å². The van der Waals surface area contributed by atoms with Crippen molar-refractivity contribution in [3.8, 4) is 0 Å². The first-order valence-corrected chi connectivity index (χ1v) is 13.4. The van der Waals surface area contributed by atoms with Crippen LogP contribution in [0.3, 0.4) is 0 Å². The number of hydrogen-bond donors (Lipinski definition) is 6. The Kier molecular flexibility index (Phi) is 22.0. The van der Waals surface area contributed by atoms with Crippen LogP contribution < -0.4 is 0 Å². The monoisotopic (exact) mass is 491 g/mol. The molecule has 0 heterocycles. The van der Waals surface area contributed by atoms with E-state index >= 15 is 0 Å². The molecular weight excluding hydrogens is 438 g/mol. The Morgan fingerprint density at radius 2 is 1.21 bits per heavy atom. The van der Waals surface area contributed by atoms with Crippen LogP contribution in [0.2, 0.25) is 0 Å². The number of rotatable bonds is 24. The van der Waals surface area contributed by atoms with Crippen LogP contribution in [-0.2, 0) is 4.74 Å². The number of aliphatic hydroxyl groups excluding tert-OH is 6. The molecule has 0 radical (unpaired) electrons. The maximum atomic E-state index is 10.1. The zero-order valence-electron chi connectivity index (χ0n) is 21.7. The van der Waals surface area contributed by atoms with Crippen molar-refractivity contribution in [2.24, 2.45) is 0 Å². The minimum atomic E-state index is -1.72. The number of aliphatic hydroxyl groups is 6. The molecule has 0 fully saturated rings. The molecule has 0 saturated heterocycles. The van der Waals surface area contributed by atoms with E-state index < -0.39 is 36.4 Å². The van der Waals surface area contributed by atoms with Gasteiger partial charge in [-0.15, -0.1) is 0 Å². The summed E-state index contributed by atoms with van der Waals surface area (Å²) in [7, 11) is 1.65. The maximum absolute atomic E-state index is 10.1. The van der Waals surface area contributed by atoms with Crippen LogP contribution in [0.25, 0.3) is 0 Å². The van der Waals surface area contributed by atoms with E-state index in [9.17, 15) is 25.5 Å². The third-order valence-electron chi connectivity index (χ3n) is 6.06. The minimum Gasteiger partial charge on any atom is -0.506 e. The third-order valence-corrected chi connectivity index (χ3v) is 6.06. The summed E-state index contributed by atoms with van der Waals surface area (Å²) in [5, 5.41) is 57.3. The van der Waals surface area contributed by atoms with Gasteiger partial charge in [0.2, 0.25) is 0 Å². The first-order valence-electron chi connectivity index (χ1n) is 13.4. The van der Waals surface area contributed by atoms with Crippen molar-refractivity contribution < 1.29 is 35.4 Å². The SMILES string of the molecule is CCCCCCCCCCCCCCCCOCC(O)CN(C)CC(O)C(O)/C(O)=C(\O)CO. The van der Waals surface area contributed by atoms with E-state index in [1.165, 1.54) is 77.0 Å². The van der Waals surface area contributed by atoms with Gasteiger partial charge >= 0.3 is 0 Å². The first-order chi connectivity index (χ1) is 16.3. The normalized spacial score (nSPS) is 15.4. The van der Waals surface area contributed by atoms with Crippen molar-refractivity contribution >= 4 is 0 Å². The van der Waals surface area contributed by atoms with Crippen LogP contribution in [0.5, 0.6) is 0 Å². The molecule has 34 heavy (non-hydrogen) atoms. The lowest BCUT2D eigenvalue weighted by Gasteiger charge is -2.25. The topological polar surface area (TPSA) is 134 Å². The molecule has 0 aliphatic rings. The predicted octanol–water partition coefficient (Wildman–Crippen LogP) is 3.82. The number of nitrogens with zero attached hydrogens (tertiary/aromatic N) is 1. The Hall–Kier alpha value is -0.900. The highest BCUT2D eigenvalue weighted by Gasteiger charge is 2.25. The van der Waals surface area contributed by atoms with Crippen LogP contribution in [0, 0.1) is 0 Å². The molecule has 0 saturated carbocycles. The molecular formula is C26H53NO7. The van der Waals surface area contributed by atoms with Crippen molar-refractivity contribution in [2.75, 3.05) is 40.0 Å². The van der Waals surface area contributed by atoms with Crippen LogP contribution in [0.15, 0.2) is 11.5 Å². The van der Waals surface area contributed by atoms with Gasteiger partial charge < -0.3 is 40.3 Å². The average molecular weight is 492 g/mol. The van der Waals surface area contributed by atoms with Gasteiger partial charge in [0.05, 0.1) is 18.8 Å². The maximum Gasteiger partial charge on any atom is 0.163 e. The van der Waals surface area contributed by atoms with Gasteiger partial charge in [-0.1, -0.05) is 90.4 Å². The minimum absolute atomic E-state index is 0.0417. The number of hydrogen-bond acceptors (Lipinski definition) is 8. The summed E-state index contributed by atoms with van der Waals surface area (Å²) in [5.74, 6) is -1.65. The summed E-state index contributed by atoms with van der Waals surface area (Å²) < 4.78 is 5.54. The lowest BCUT2D eigenvalue weighted by atomic mass is 10.0. The van der Waals surface area contributed by atoms with Gasteiger partial charge in [-0.25, -0.2) is 0 Å². The van der Waals surface area contributed by atoms with E-state index in [1.54, 1.807) is 11.9 Å². The molecule has 0 amide bonds. The fourth-order valence-corrected chi connectivity index (χ4v) is 3.96. The largest absolute Gasteiger partial charge is 0.506 e. The first kappa shape index (κ1) is 33.1. The quantitative estimate of drug-likeness (QED) is 0.0886. The fourth-order valence-electron chi connectivity index (χ4n) is 3.96. The van der Waals surface area contributed by atoms with Gasteiger partial charge in [-0.3, -0.25) is 0 Å². The van der Waals surface area contributed by atoms with Crippen LogP contribution in [-0.4, -0.2) is 93.8 Å². The molecule has 0 aromatic rings. The molecule has 8 heteroatoms. The summed E-state index contributed by atoms with van der Waals surface area (Å²) in [6, 6.07) is 0. The summed E-state index contributed by atoms with van der Waals surface area (Å²) in [6.07, 6.45) is 14.4. The molecule has 0 spiro atoms. The summed E-state index contributed by atoms with van der Waals surface area (Å²) in [4.78, 5) is 1.59. The lowest BCUT2D eigenvalue weighted by Crippen LogP contribution is -2.42. The molecule has 0 bridgehead atoms. The van der Waals surface area contributed by atoms with Gasteiger partial charge in [0.25, 0.3) is 0 Å². The Balaban J connectivity index is 3.59. The standard InChI is InChI=1S/C26H53NO7/c1-3-4-5-6-7-8-9-10-11-12-13-14-15-16-17-34-21-22(29)18-27(2)19-23(30)25(32)26(33)24(31)20-28/h22-23,25,28-33H,3-21H2,1-2H3/b26-24+. The molecule has 204 valence electrons. The van der Waals surface area contributed by atoms with Crippen molar-refractivity contribution in [1.82, 2.24) is 4.90 Å². The molecule has 0 aliphatic heterocycles. The van der Waals surface area contributed by atoms with E-state index in [4.69, 9.17) is 9.84 Å². The number of unbranched alkanes of at least 4 members (excludes halogenated alkanes) is 13. The van der Waals surface area contributed by atoms with Gasteiger partial charge in [0.15, 0.2) is 11.5 Å². The van der Waals surface area contributed by atoms with Crippen molar-refractivity contribution in [3.05, 3.63) is 11.5 Å². The van der Waals surface area contributed by atoms with Crippen LogP contribution in [0.4, 0.5) is 0 Å². The second-order valence-corrected chi connectivity index (χ2v) is 9.55. The highest BCUT2D eigenvalue weighted by molar-refractivity contribution is 5.06. The average Bonchev–Trinajstić information content (AvgIpc) is 2.82. The molecule has 0 aromatic heterocycles. The van der Waals surface area contributed by atoms with Crippen molar-refractivity contribution in [1.29, 1.82) is 0 Å². The van der Waals surface area contributed by atoms with E-state index in [1.807, 2.05) is 0 Å². The molecule has 6 N–H and O–H groups in total. The molecule has 0 rings (SSSR count). The second-order valence-electron chi connectivity index (χ2n) is 9.55. The lowest BCUT2D eigenvalue weighted by molar-refractivity contribution is -0.0190. The molecule has 0 aliphatic carbocycles. The Bertz CT molecular complexity index is 490. The van der Waals surface area contributed by atoms with Gasteiger partial charge in [0, 0.05) is 19.7 Å². The third kappa shape index (κ3) is 18.4. The van der Waals surface area contributed by atoms with Gasteiger partial charge in [0.1, 0.15) is 12.7 Å². The highest BCUT2D eigenvalue weighted by Crippen LogP contribution is 2.13. The number of likely N-dealkylation sites (N-methyl/N-ethyl adjacent to an activating group) is 1. The van der Waals surface area contributed by atoms with E-state index in [0.717, 1.165) is 12.8 Å². The second kappa shape index (κ2) is 22.6. The van der Waals surface area contributed by atoms with Crippen LogP contribution in [0.1, 0.15) is 96.8 Å². The zero-order valence-corrected chi connectivity index (χ0v) is 21.7. The summed E-state index contributed by atoms with van der Waals surface area (Å²) in [5.41, 5.74) is 0. The highest BCUT2D eigenvalue weighted by atomic mass is 16.5. The van der Waals surface area contributed by atoms with Crippen LogP contribution >= 0.6 is 0 Å². The van der Waals surface area contributed by atoms with Crippen molar-refractivity contribution in [2.45, 2.75) is 115 Å². The zero-order chi connectivity index (χ0) is 25.6. The van der Waals surface area contributed by atoms with E-state index in [2.05, 4.69) is 6.92 Å². The molecule has 0 aromatic carbocycles. The summed E-state index contributed by atoms with van der Waals surface area (Å²) in [6.45, 7) is 2.41.